The van der Waals surface area contributed by atoms with Crippen molar-refractivity contribution in [2.75, 3.05) is 13.2 Å². The van der Waals surface area contributed by atoms with Gasteiger partial charge in [-0.25, -0.2) is 4.79 Å². The maximum absolute atomic E-state index is 11.9. The van der Waals surface area contributed by atoms with Gasteiger partial charge in [-0.15, -0.1) is 0 Å². The van der Waals surface area contributed by atoms with E-state index in [0.717, 1.165) is 37.0 Å². The Morgan fingerprint density at radius 2 is 2.00 bits per heavy atom. The number of rotatable bonds is 3. The van der Waals surface area contributed by atoms with E-state index in [1.807, 2.05) is 32.0 Å². The Morgan fingerprint density at radius 1 is 1.28 bits per heavy atom. The standard InChI is InChI=1S/C15H20O3/c1-11-7-12(2)9-13(8-11)15(16)18-10-14-5-3-4-6-17-14/h7-9,14H,3-6,10H2,1-2H3. The number of aryl methyl sites for hydroxylation is 2. The van der Waals surface area contributed by atoms with Gasteiger partial charge in [-0.2, -0.15) is 0 Å². The van der Waals surface area contributed by atoms with Crippen molar-refractivity contribution >= 4 is 5.97 Å². The Morgan fingerprint density at radius 3 is 2.61 bits per heavy atom. The molecule has 0 amide bonds. The van der Waals surface area contributed by atoms with Gasteiger partial charge in [-0.1, -0.05) is 17.2 Å². The zero-order valence-electron chi connectivity index (χ0n) is 11.1. The molecule has 0 bridgehead atoms. The summed E-state index contributed by atoms with van der Waals surface area (Å²) in [6, 6.07) is 5.76. The summed E-state index contributed by atoms with van der Waals surface area (Å²) in [5, 5.41) is 0. The van der Waals surface area contributed by atoms with Gasteiger partial charge in [0.25, 0.3) is 0 Å². The van der Waals surface area contributed by atoms with Gasteiger partial charge >= 0.3 is 5.97 Å². The van der Waals surface area contributed by atoms with E-state index < -0.39 is 0 Å². The van der Waals surface area contributed by atoms with Gasteiger partial charge in [0.05, 0.1) is 11.7 Å². The highest BCUT2D eigenvalue weighted by molar-refractivity contribution is 5.89. The Bertz CT molecular complexity index is 399. The SMILES string of the molecule is Cc1cc(C)cc(C(=O)OCC2CCCCO2)c1. The van der Waals surface area contributed by atoms with Crippen molar-refractivity contribution in [1.82, 2.24) is 0 Å². The van der Waals surface area contributed by atoms with Gasteiger partial charge < -0.3 is 9.47 Å². The van der Waals surface area contributed by atoms with E-state index in [2.05, 4.69) is 0 Å². The second-order valence-electron chi connectivity index (χ2n) is 4.96. The Kier molecular flexibility index (Phi) is 4.37. The third kappa shape index (κ3) is 3.57. The molecular weight excluding hydrogens is 228 g/mol. The molecule has 18 heavy (non-hydrogen) atoms. The number of carbonyl (C=O) groups excluding carboxylic acids is 1. The third-order valence-electron chi connectivity index (χ3n) is 3.13. The third-order valence-corrected chi connectivity index (χ3v) is 3.13. The predicted octanol–water partition coefficient (Wildman–Crippen LogP) is 3.03. The van der Waals surface area contributed by atoms with Gasteiger partial charge in [-0.05, 0) is 45.2 Å². The molecule has 0 aliphatic carbocycles. The van der Waals surface area contributed by atoms with Crippen molar-refractivity contribution in [3.05, 3.63) is 34.9 Å². The molecule has 0 spiro atoms. The summed E-state index contributed by atoms with van der Waals surface area (Å²) < 4.78 is 10.8. The lowest BCUT2D eigenvalue weighted by Crippen LogP contribution is -2.26. The normalized spacial score (nSPS) is 19.6. The quantitative estimate of drug-likeness (QED) is 0.771. The van der Waals surface area contributed by atoms with E-state index in [4.69, 9.17) is 9.47 Å². The number of carbonyl (C=O) groups is 1. The topological polar surface area (TPSA) is 35.5 Å². The van der Waals surface area contributed by atoms with E-state index in [0.29, 0.717) is 12.2 Å². The van der Waals surface area contributed by atoms with Crippen LogP contribution >= 0.6 is 0 Å². The smallest absolute Gasteiger partial charge is 0.338 e. The first kappa shape index (κ1) is 13.1. The average molecular weight is 248 g/mol. The minimum Gasteiger partial charge on any atom is -0.459 e. The van der Waals surface area contributed by atoms with Crippen LogP contribution in [0.3, 0.4) is 0 Å². The first-order valence-corrected chi connectivity index (χ1v) is 6.52. The molecule has 2 rings (SSSR count). The molecule has 3 heteroatoms. The van der Waals surface area contributed by atoms with Crippen LogP contribution in [0.25, 0.3) is 0 Å². The van der Waals surface area contributed by atoms with Gasteiger partial charge in [0.2, 0.25) is 0 Å². The van der Waals surface area contributed by atoms with E-state index in [1.54, 1.807) is 0 Å². The maximum Gasteiger partial charge on any atom is 0.338 e. The molecule has 0 aromatic heterocycles. The van der Waals surface area contributed by atoms with Crippen LogP contribution in [0, 0.1) is 13.8 Å². The summed E-state index contributed by atoms with van der Waals surface area (Å²) in [5.41, 5.74) is 2.79. The molecule has 1 unspecified atom stereocenters. The van der Waals surface area contributed by atoms with Crippen molar-refractivity contribution in [2.24, 2.45) is 0 Å². The zero-order valence-corrected chi connectivity index (χ0v) is 11.1. The Labute approximate surface area is 108 Å². The minimum absolute atomic E-state index is 0.0774. The number of hydrogen-bond acceptors (Lipinski definition) is 3. The average Bonchev–Trinajstić information content (AvgIpc) is 2.36. The van der Waals surface area contributed by atoms with E-state index in [9.17, 15) is 4.79 Å². The summed E-state index contributed by atoms with van der Waals surface area (Å²) >= 11 is 0. The van der Waals surface area contributed by atoms with Crippen LogP contribution in [0.1, 0.15) is 40.7 Å². The monoisotopic (exact) mass is 248 g/mol. The van der Waals surface area contributed by atoms with Crippen LogP contribution in [0.5, 0.6) is 0 Å². The second kappa shape index (κ2) is 6.01. The van der Waals surface area contributed by atoms with Crippen LogP contribution in [-0.4, -0.2) is 25.3 Å². The Hall–Kier alpha value is -1.35. The highest BCUT2D eigenvalue weighted by atomic mass is 16.6. The lowest BCUT2D eigenvalue weighted by molar-refractivity contribution is -0.0300. The van der Waals surface area contributed by atoms with Gasteiger partial charge in [0, 0.05) is 6.61 Å². The Balaban J connectivity index is 1.90. The number of esters is 1. The van der Waals surface area contributed by atoms with E-state index in [-0.39, 0.29) is 12.1 Å². The number of hydrogen-bond donors (Lipinski definition) is 0. The van der Waals surface area contributed by atoms with Gasteiger partial charge in [-0.3, -0.25) is 0 Å². The van der Waals surface area contributed by atoms with Crippen molar-refractivity contribution in [3.8, 4) is 0 Å². The number of ether oxygens (including phenoxy) is 2. The molecule has 1 fully saturated rings. The minimum atomic E-state index is -0.254. The van der Waals surface area contributed by atoms with Crippen LogP contribution in [-0.2, 0) is 9.47 Å². The van der Waals surface area contributed by atoms with Crippen LogP contribution in [0.15, 0.2) is 18.2 Å². The molecule has 1 aliphatic heterocycles. The van der Waals surface area contributed by atoms with Crippen molar-refractivity contribution in [1.29, 1.82) is 0 Å². The lowest BCUT2D eigenvalue weighted by Gasteiger charge is -2.22. The molecule has 1 atom stereocenters. The highest BCUT2D eigenvalue weighted by Gasteiger charge is 2.16. The molecule has 1 aromatic rings. The van der Waals surface area contributed by atoms with Crippen LogP contribution in [0.4, 0.5) is 0 Å². The lowest BCUT2D eigenvalue weighted by atomic mass is 10.1. The number of benzene rings is 1. The molecular formula is C15H20O3. The van der Waals surface area contributed by atoms with E-state index in [1.165, 1.54) is 0 Å². The fourth-order valence-electron chi connectivity index (χ4n) is 2.28. The largest absolute Gasteiger partial charge is 0.459 e. The van der Waals surface area contributed by atoms with E-state index >= 15 is 0 Å². The van der Waals surface area contributed by atoms with Crippen molar-refractivity contribution < 1.29 is 14.3 Å². The first-order valence-electron chi connectivity index (χ1n) is 6.52. The van der Waals surface area contributed by atoms with Gasteiger partial charge in [0.1, 0.15) is 6.61 Å². The molecule has 1 heterocycles. The molecule has 98 valence electrons. The molecule has 0 N–H and O–H groups in total. The zero-order chi connectivity index (χ0) is 13.0. The molecule has 1 saturated heterocycles. The summed E-state index contributed by atoms with van der Waals surface area (Å²) in [7, 11) is 0. The predicted molar refractivity (Wildman–Crippen MR) is 69.8 cm³/mol. The van der Waals surface area contributed by atoms with Crippen molar-refractivity contribution in [3.63, 3.8) is 0 Å². The fourth-order valence-corrected chi connectivity index (χ4v) is 2.28. The molecule has 1 aromatic carbocycles. The molecule has 0 radical (unpaired) electrons. The van der Waals surface area contributed by atoms with Crippen molar-refractivity contribution in [2.45, 2.75) is 39.2 Å². The summed E-state index contributed by atoms with van der Waals surface area (Å²) in [5.74, 6) is -0.254. The summed E-state index contributed by atoms with van der Waals surface area (Å²) in [4.78, 5) is 11.9. The molecule has 3 nitrogen and oxygen atoms in total. The highest BCUT2D eigenvalue weighted by Crippen LogP contribution is 2.14. The van der Waals surface area contributed by atoms with Gasteiger partial charge in [0.15, 0.2) is 0 Å². The second-order valence-corrected chi connectivity index (χ2v) is 4.96. The maximum atomic E-state index is 11.9. The fraction of sp³-hybridized carbons (Fsp3) is 0.533. The van der Waals surface area contributed by atoms with Crippen LogP contribution < -0.4 is 0 Å². The molecule has 1 aliphatic rings. The first-order chi connectivity index (χ1) is 8.65. The van der Waals surface area contributed by atoms with Crippen LogP contribution in [0.2, 0.25) is 0 Å². The molecule has 0 saturated carbocycles. The summed E-state index contributed by atoms with van der Waals surface area (Å²) in [6.07, 6.45) is 3.33. The summed E-state index contributed by atoms with van der Waals surface area (Å²) in [6.45, 7) is 5.11.